The fraction of sp³-hybridized carbons (Fsp3) is 0.615. The van der Waals surface area contributed by atoms with Crippen molar-refractivity contribution in [1.82, 2.24) is 4.90 Å². The van der Waals surface area contributed by atoms with Crippen LogP contribution < -0.4 is 9.47 Å². The Morgan fingerprint density at radius 2 is 1.94 bits per heavy atom. The summed E-state index contributed by atoms with van der Waals surface area (Å²) in [7, 11) is 1.57. The molecule has 1 saturated carbocycles. The van der Waals surface area contributed by atoms with Crippen LogP contribution in [0.3, 0.4) is 0 Å². The number of hydrogen-bond donors (Lipinski definition) is 1. The Hall–Kier alpha value is -2.58. The third-order valence-electron chi connectivity index (χ3n) is 6.21. The van der Waals surface area contributed by atoms with Crippen molar-refractivity contribution < 1.29 is 33.6 Å². The molecule has 34 heavy (non-hydrogen) atoms. The number of rotatable bonds is 9. The lowest BCUT2D eigenvalue weighted by molar-refractivity contribution is -0.174. The number of carbonyl (C=O) groups is 2. The number of nitrogens with zero attached hydrogens (tertiary/aromatic N) is 1. The second-order valence-electron chi connectivity index (χ2n) is 9.86. The Balaban J connectivity index is 1.72. The van der Waals surface area contributed by atoms with Crippen molar-refractivity contribution in [3.63, 3.8) is 0 Å². The minimum Gasteiger partial charge on any atom is -0.493 e. The molecule has 1 aliphatic carbocycles. The summed E-state index contributed by atoms with van der Waals surface area (Å²) in [5.74, 6) is 0.0233. The van der Waals surface area contributed by atoms with Crippen LogP contribution in [0.15, 0.2) is 24.3 Å². The van der Waals surface area contributed by atoms with Gasteiger partial charge in [0.25, 0.3) is 0 Å². The molecule has 0 amide bonds. The van der Waals surface area contributed by atoms with Gasteiger partial charge in [-0.05, 0) is 57.9 Å². The molecule has 188 valence electrons. The maximum absolute atomic E-state index is 12.7. The molecule has 1 aromatic rings. The first-order chi connectivity index (χ1) is 16.0. The molecule has 1 unspecified atom stereocenters. The van der Waals surface area contributed by atoms with Crippen LogP contribution in [0, 0.1) is 0 Å². The lowest BCUT2D eigenvalue weighted by Crippen LogP contribution is -2.49. The van der Waals surface area contributed by atoms with Crippen molar-refractivity contribution in [2.45, 2.75) is 83.2 Å². The van der Waals surface area contributed by atoms with Gasteiger partial charge in [-0.1, -0.05) is 13.0 Å². The average molecular weight is 476 g/mol. The van der Waals surface area contributed by atoms with Crippen LogP contribution in [0.5, 0.6) is 11.5 Å². The first-order valence-electron chi connectivity index (χ1n) is 11.9. The molecule has 2 aliphatic rings. The van der Waals surface area contributed by atoms with Crippen molar-refractivity contribution in [2.24, 2.45) is 0 Å². The van der Waals surface area contributed by atoms with Crippen LogP contribution >= 0.6 is 0 Å². The van der Waals surface area contributed by atoms with Crippen LogP contribution in [0.25, 0.3) is 6.08 Å². The second kappa shape index (κ2) is 10.4. The van der Waals surface area contributed by atoms with E-state index in [4.69, 9.17) is 18.9 Å². The summed E-state index contributed by atoms with van der Waals surface area (Å²) in [6, 6.07) is 5.32. The molecule has 1 aliphatic heterocycles. The summed E-state index contributed by atoms with van der Waals surface area (Å²) < 4.78 is 21.9. The molecule has 1 saturated heterocycles. The van der Waals surface area contributed by atoms with E-state index >= 15 is 0 Å². The first-order valence-corrected chi connectivity index (χ1v) is 11.9. The molecule has 8 nitrogen and oxygen atoms in total. The Labute approximate surface area is 201 Å². The van der Waals surface area contributed by atoms with E-state index in [0.29, 0.717) is 18.1 Å². The smallest absolute Gasteiger partial charge is 0.338 e. The van der Waals surface area contributed by atoms with E-state index in [-0.39, 0.29) is 37.1 Å². The van der Waals surface area contributed by atoms with Crippen LogP contribution in [-0.2, 0) is 19.1 Å². The van der Waals surface area contributed by atoms with Gasteiger partial charge in [0.05, 0.1) is 26.4 Å². The summed E-state index contributed by atoms with van der Waals surface area (Å²) >= 11 is 0. The predicted octanol–water partition coefficient (Wildman–Crippen LogP) is 3.35. The van der Waals surface area contributed by atoms with Gasteiger partial charge in [-0.15, -0.1) is 0 Å². The van der Waals surface area contributed by atoms with Crippen molar-refractivity contribution >= 4 is 18.0 Å². The molecule has 8 heteroatoms. The van der Waals surface area contributed by atoms with Gasteiger partial charge >= 0.3 is 11.9 Å². The molecule has 1 aromatic carbocycles. The number of benzene rings is 1. The zero-order chi connectivity index (χ0) is 25.1. The molecule has 0 aromatic heterocycles. The van der Waals surface area contributed by atoms with Crippen molar-refractivity contribution in [1.29, 1.82) is 0 Å². The Kier molecular flexibility index (Phi) is 7.93. The summed E-state index contributed by atoms with van der Waals surface area (Å²) in [5.41, 5.74) is -1.11. The van der Waals surface area contributed by atoms with Crippen molar-refractivity contribution in [2.75, 3.05) is 20.3 Å². The molecule has 0 bridgehead atoms. The molecule has 5 atom stereocenters. The molecular formula is C26H37NO7. The Morgan fingerprint density at radius 1 is 1.21 bits per heavy atom. The topological polar surface area (TPSA) is 94.3 Å². The average Bonchev–Trinajstić information content (AvgIpc) is 3.51. The van der Waals surface area contributed by atoms with Crippen LogP contribution in [-0.4, -0.2) is 71.6 Å². The minimum atomic E-state index is -1.67. The number of esters is 2. The van der Waals surface area contributed by atoms with E-state index in [1.54, 1.807) is 32.2 Å². The van der Waals surface area contributed by atoms with E-state index in [1.165, 1.54) is 6.08 Å². The molecule has 3 rings (SSSR count). The van der Waals surface area contributed by atoms with Crippen molar-refractivity contribution in [3.05, 3.63) is 29.8 Å². The van der Waals surface area contributed by atoms with E-state index in [1.807, 2.05) is 13.0 Å². The lowest BCUT2D eigenvalue weighted by atomic mass is 9.83. The highest BCUT2D eigenvalue weighted by Gasteiger charge is 2.66. The highest BCUT2D eigenvalue weighted by atomic mass is 16.6. The number of fused-ring (bicyclic) bond motifs is 1. The van der Waals surface area contributed by atoms with E-state index in [9.17, 15) is 14.7 Å². The molecule has 0 spiro atoms. The van der Waals surface area contributed by atoms with Gasteiger partial charge in [0.1, 0.15) is 6.10 Å². The van der Waals surface area contributed by atoms with Gasteiger partial charge < -0.3 is 24.1 Å². The summed E-state index contributed by atoms with van der Waals surface area (Å²) in [6.45, 7) is 10.7. The maximum atomic E-state index is 12.7. The second-order valence-corrected chi connectivity index (χ2v) is 9.86. The number of likely N-dealkylation sites (tertiary alicyclic amines) is 1. The normalized spacial score (nSPS) is 28.2. The maximum Gasteiger partial charge on any atom is 0.338 e. The van der Waals surface area contributed by atoms with E-state index in [0.717, 1.165) is 12.0 Å². The number of methoxy groups -OCH3 is 1. The highest BCUT2D eigenvalue weighted by Crippen LogP contribution is 2.50. The molecule has 1 heterocycles. The van der Waals surface area contributed by atoms with Crippen LogP contribution in [0.2, 0.25) is 0 Å². The van der Waals surface area contributed by atoms with Gasteiger partial charge in [-0.2, -0.15) is 0 Å². The van der Waals surface area contributed by atoms with Gasteiger partial charge in [0.2, 0.25) is 0 Å². The number of hydrogen-bond acceptors (Lipinski definition) is 8. The van der Waals surface area contributed by atoms with Crippen molar-refractivity contribution in [3.8, 4) is 11.5 Å². The van der Waals surface area contributed by atoms with E-state index in [2.05, 4.69) is 25.7 Å². The van der Waals surface area contributed by atoms with E-state index < -0.39 is 23.6 Å². The highest BCUT2D eigenvalue weighted by molar-refractivity contribution is 5.87. The monoisotopic (exact) mass is 475 g/mol. The summed E-state index contributed by atoms with van der Waals surface area (Å²) in [4.78, 5) is 27.3. The Bertz CT molecular complexity index is 922. The summed E-state index contributed by atoms with van der Waals surface area (Å²) in [5, 5.41) is 11.1. The van der Waals surface area contributed by atoms with Gasteiger partial charge in [0, 0.05) is 30.5 Å². The fourth-order valence-corrected chi connectivity index (χ4v) is 4.79. The zero-order valence-electron chi connectivity index (χ0n) is 21.0. The number of ether oxygens (including phenoxy) is 4. The minimum absolute atomic E-state index is 0.0104. The fourth-order valence-electron chi connectivity index (χ4n) is 4.79. The first kappa shape index (κ1) is 26.0. The standard InChI is InChI=1S/C26H37NO7/c1-7-13-33-19-11-9-17(14-20(19)31-6)10-12-22(28)34-21-16-26(30,24(29)32-8-2)15-18-23(21)27(18)25(3,4)5/h9-12,14,18,21,23,30H,7-8,13,15-16H2,1-6H3/b12-10+/t18-,21+,23-,26-,27?/m0/s1. The third-order valence-corrected chi connectivity index (χ3v) is 6.21. The number of aliphatic hydroxyl groups is 1. The zero-order valence-corrected chi connectivity index (χ0v) is 21.0. The molecule has 0 radical (unpaired) electrons. The lowest BCUT2D eigenvalue weighted by Gasteiger charge is -2.32. The summed E-state index contributed by atoms with van der Waals surface area (Å²) in [6.07, 6.45) is 3.53. The quantitative estimate of drug-likeness (QED) is 0.330. The predicted molar refractivity (Wildman–Crippen MR) is 128 cm³/mol. The SMILES string of the molecule is CCCOc1ccc(/C=C/C(=O)O[C@@H]2C[C@](O)(C(=O)OCC)C[C@H]3[C@@H]2N3C(C)(C)C)cc1OC. The van der Waals surface area contributed by atoms with Crippen LogP contribution in [0.4, 0.5) is 0 Å². The largest absolute Gasteiger partial charge is 0.493 e. The molecule has 2 fully saturated rings. The van der Waals surface area contributed by atoms with Gasteiger partial charge in [-0.25, -0.2) is 9.59 Å². The number of carbonyl (C=O) groups excluding carboxylic acids is 2. The Morgan fingerprint density at radius 3 is 2.56 bits per heavy atom. The molecular weight excluding hydrogens is 438 g/mol. The molecule has 1 N–H and O–H groups in total. The van der Waals surface area contributed by atoms with Crippen LogP contribution in [0.1, 0.15) is 59.4 Å². The third kappa shape index (κ3) is 5.73. The van der Waals surface area contributed by atoms with Gasteiger partial charge in [-0.3, -0.25) is 4.90 Å². The van der Waals surface area contributed by atoms with Gasteiger partial charge in [0.15, 0.2) is 17.1 Å².